The van der Waals surface area contributed by atoms with Crippen LogP contribution < -0.4 is 0 Å². The number of alkyl halides is 1. The van der Waals surface area contributed by atoms with Gasteiger partial charge in [-0.05, 0) is 43.2 Å². The van der Waals surface area contributed by atoms with Gasteiger partial charge in [-0.3, -0.25) is 19.2 Å². The second kappa shape index (κ2) is 16.9. The molecule has 11 heteroatoms. The summed E-state index contributed by atoms with van der Waals surface area (Å²) >= 11 is 3.76. The maximum Gasteiger partial charge on any atom is 0.313 e. The van der Waals surface area contributed by atoms with Crippen molar-refractivity contribution in [3.8, 4) is 0 Å². The fourth-order valence-electron chi connectivity index (χ4n) is 8.32. The summed E-state index contributed by atoms with van der Waals surface area (Å²) in [5, 5.41) is 10.7. The number of aliphatic hydroxyl groups is 1. The molecule has 0 radical (unpaired) electrons. The van der Waals surface area contributed by atoms with Crippen LogP contribution >= 0.6 is 15.9 Å². The Hall–Kier alpha value is -3.80. The number of hydrogen-bond donors (Lipinski definition) is 1. The van der Waals surface area contributed by atoms with Crippen LogP contribution in [0.5, 0.6) is 0 Å². The van der Waals surface area contributed by atoms with Crippen molar-refractivity contribution in [2.75, 3.05) is 20.2 Å². The SMILES string of the molecule is C=CCCC(=O)N(C)[C@H](C)[C@H](OC(=O)[C@@H]1[C@H]2O[C@@]3(CC2Br)[C@H](C(=O)N(CC=C)Cc2ccccc2)N([C@@H](CO)CC(C)C)C(=O)[C@@H]13)c1ccccc1. The van der Waals surface area contributed by atoms with Crippen molar-refractivity contribution in [3.63, 3.8) is 0 Å². The lowest BCUT2D eigenvalue weighted by Crippen LogP contribution is -2.59. The number of fused-ring (bicyclic) bond motifs is 1. The first-order valence-corrected chi connectivity index (χ1v) is 19.1. The zero-order valence-electron chi connectivity index (χ0n) is 30.6. The fourth-order valence-corrected chi connectivity index (χ4v) is 9.26. The van der Waals surface area contributed by atoms with Crippen molar-refractivity contribution in [3.05, 3.63) is 97.1 Å². The molecule has 1 unspecified atom stereocenters. The van der Waals surface area contributed by atoms with Crippen LogP contribution in [0.2, 0.25) is 0 Å². The number of benzene rings is 2. The number of likely N-dealkylation sites (N-methyl/N-ethyl adjacent to an activating group) is 1. The number of rotatable bonds is 17. The fraction of sp³-hybridized carbons (Fsp3) is 0.512. The highest BCUT2D eigenvalue weighted by Crippen LogP contribution is 2.61. The van der Waals surface area contributed by atoms with E-state index in [0.29, 0.717) is 24.8 Å². The average molecular weight is 779 g/mol. The van der Waals surface area contributed by atoms with E-state index < -0.39 is 59.6 Å². The van der Waals surface area contributed by atoms with Gasteiger partial charge in [-0.2, -0.15) is 0 Å². The minimum Gasteiger partial charge on any atom is -0.455 e. The molecule has 1 N–H and O–H groups in total. The summed E-state index contributed by atoms with van der Waals surface area (Å²) in [6.07, 6.45) is 3.30. The molecular formula is C41H52BrN3O7. The van der Waals surface area contributed by atoms with E-state index in [1.165, 1.54) is 4.90 Å². The molecule has 0 aromatic heterocycles. The van der Waals surface area contributed by atoms with Crippen LogP contribution in [0.15, 0.2) is 86.0 Å². The van der Waals surface area contributed by atoms with Crippen LogP contribution in [0.3, 0.4) is 0 Å². The maximum atomic E-state index is 14.9. The summed E-state index contributed by atoms with van der Waals surface area (Å²) in [7, 11) is 1.69. The highest BCUT2D eigenvalue weighted by atomic mass is 79.9. The van der Waals surface area contributed by atoms with Gasteiger partial charge < -0.3 is 29.3 Å². The third-order valence-corrected chi connectivity index (χ3v) is 11.7. The van der Waals surface area contributed by atoms with Crippen LogP contribution in [-0.2, 0) is 35.2 Å². The minimum absolute atomic E-state index is 0.105. The van der Waals surface area contributed by atoms with Gasteiger partial charge in [-0.15, -0.1) is 13.2 Å². The second-order valence-corrected chi connectivity index (χ2v) is 15.9. The van der Waals surface area contributed by atoms with Gasteiger partial charge in [-0.25, -0.2) is 0 Å². The van der Waals surface area contributed by atoms with E-state index in [1.54, 1.807) is 29.0 Å². The quantitative estimate of drug-likeness (QED) is 0.129. The lowest BCUT2D eigenvalue weighted by Gasteiger charge is -2.40. The van der Waals surface area contributed by atoms with Crippen LogP contribution in [0, 0.1) is 17.8 Å². The van der Waals surface area contributed by atoms with Crippen molar-refractivity contribution < 1.29 is 33.8 Å². The van der Waals surface area contributed by atoms with E-state index in [4.69, 9.17) is 9.47 Å². The van der Waals surface area contributed by atoms with E-state index in [-0.39, 0.29) is 48.7 Å². The molecule has 1 spiro atoms. The van der Waals surface area contributed by atoms with Gasteiger partial charge in [0.1, 0.15) is 17.7 Å². The van der Waals surface area contributed by atoms with Crippen LogP contribution in [0.4, 0.5) is 0 Å². The Morgan fingerprint density at radius 3 is 2.33 bits per heavy atom. The summed E-state index contributed by atoms with van der Waals surface area (Å²) in [4.78, 5) is 61.9. The summed E-state index contributed by atoms with van der Waals surface area (Å²) in [5.74, 6) is -3.43. The molecule has 10 nitrogen and oxygen atoms in total. The Labute approximate surface area is 315 Å². The average Bonchev–Trinajstić information content (AvgIpc) is 3.74. The zero-order chi connectivity index (χ0) is 37.7. The van der Waals surface area contributed by atoms with E-state index >= 15 is 0 Å². The minimum atomic E-state index is -1.34. The number of aliphatic hydroxyl groups excluding tert-OH is 1. The van der Waals surface area contributed by atoms with Gasteiger partial charge in [0.2, 0.25) is 17.7 Å². The molecule has 280 valence electrons. The molecule has 3 aliphatic rings. The number of amides is 3. The molecule has 2 aromatic carbocycles. The first kappa shape index (κ1) is 39.4. The number of carbonyl (C=O) groups excluding carboxylic acids is 4. The highest BCUT2D eigenvalue weighted by Gasteiger charge is 2.77. The number of esters is 1. The zero-order valence-corrected chi connectivity index (χ0v) is 32.2. The van der Waals surface area contributed by atoms with E-state index in [1.807, 2.05) is 81.4 Å². The van der Waals surface area contributed by atoms with Crippen molar-refractivity contribution in [2.45, 2.75) is 93.8 Å². The number of nitrogens with zero attached hydrogens (tertiary/aromatic N) is 3. The van der Waals surface area contributed by atoms with E-state index in [9.17, 15) is 24.3 Å². The summed E-state index contributed by atoms with van der Waals surface area (Å²) in [6.45, 7) is 13.6. The standard InChI is InChI=1S/C41H52BrN3O7/c1-7-9-20-32(47)43(6)27(5)35(29-18-14-11-15-19-29)51-40(50)33-34-38(48)45(30(25-46)22-26(3)4)37(41(34)23-31(42)36(33)52-41)39(49)44(21-8-2)24-28-16-12-10-13-17-28/h7-8,10-19,26-27,30-31,33-37,46H,1-2,9,20-25H2,3-6H3/t27-,30-,31?,33+,34-,35+,36+,37+,41-/m1/s1. The van der Waals surface area contributed by atoms with Crippen molar-refractivity contribution in [1.82, 2.24) is 14.7 Å². The summed E-state index contributed by atoms with van der Waals surface area (Å²) in [6, 6.07) is 16.5. The van der Waals surface area contributed by atoms with E-state index in [2.05, 4.69) is 29.1 Å². The molecule has 2 aromatic rings. The monoisotopic (exact) mass is 777 g/mol. The van der Waals surface area contributed by atoms with Gasteiger partial charge in [0.15, 0.2) is 0 Å². The third-order valence-electron chi connectivity index (χ3n) is 10.8. The van der Waals surface area contributed by atoms with Gasteiger partial charge in [-0.1, -0.05) is 103 Å². The predicted molar refractivity (Wildman–Crippen MR) is 202 cm³/mol. The number of carbonyl (C=O) groups is 4. The lowest BCUT2D eigenvalue weighted by atomic mass is 9.70. The Bertz CT molecular complexity index is 1610. The number of ether oxygens (including phenoxy) is 2. The third kappa shape index (κ3) is 7.63. The highest BCUT2D eigenvalue weighted by molar-refractivity contribution is 9.09. The topological polar surface area (TPSA) is 117 Å². The Balaban J connectivity index is 1.54. The molecule has 0 saturated carbocycles. The molecule has 3 amide bonds. The Morgan fingerprint density at radius 1 is 1.08 bits per heavy atom. The molecule has 2 bridgehead atoms. The summed E-state index contributed by atoms with van der Waals surface area (Å²) < 4.78 is 13.2. The van der Waals surface area contributed by atoms with E-state index in [0.717, 1.165) is 5.56 Å². The van der Waals surface area contributed by atoms with Gasteiger partial charge in [0.25, 0.3) is 0 Å². The summed E-state index contributed by atoms with van der Waals surface area (Å²) in [5.41, 5.74) is 0.267. The Kier molecular flexibility index (Phi) is 12.8. The molecule has 9 atom stereocenters. The Morgan fingerprint density at radius 2 is 1.73 bits per heavy atom. The molecule has 3 fully saturated rings. The predicted octanol–water partition coefficient (Wildman–Crippen LogP) is 5.45. The first-order valence-electron chi connectivity index (χ1n) is 18.2. The molecule has 0 aliphatic carbocycles. The number of hydrogen-bond acceptors (Lipinski definition) is 7. The number of likely N-dealkylation sites (tertiary alicyclic amines) is 1. The second-order valence-electron chi connectivity index (χ2n) is 14.7. The van der Waals surface area contributed by atoms with Gasteiger partial charge >= 0.3 is 5.97 Å². The number of allylic oxidation sites excluding steroid dienone is 1. The van der Waals surface area contributed by atoms with Crippen molar-refractivity contribution >= 4 is 39.6 Å². The van der Waals surface area contributed by atoms with Crippen LogP contribution in [0.1, 0.15) is 63.7 Å². The van der Waals surface area contributed by atoms with Crippen LogP contribution in [-0.4, -0.2) is 98.4 Å². The molecule has 3 aliphatic heterocycles. The molecule has 3 heterocycles. The smallest absolute Gasteiger partial charge is 0.313 e. The largest absolute Gasteiger partial charge is 0.455 e. The normalized spacial score (nSPS) is 26.4. The van der Waals surface area contributed by atoms with Crippen molar-refractivity contribution in [1.29, 1.82) is 0 Å². The molecule has 3 saturated heterocycles. The van der Waals surface area contributed by atoms with Gasteiger partial charge in [0.05, 0.1) is 36.6 Å². The van der Waals surface area contributed by atoms with Crippen molar-refractivity contribution in [2.24, 2.45) is 17.8 Å². The lowest BCUT2D eigenvalue weighted by molar-refractivity contribution is -0.165. The number of halogens is 1. The molecule has 52 heavy (non-hydrogen) atoms. The molecular weight excluding hydrogens is 726 g/mol. The first-order chi connectivity index (χ1) is 24.9. The maximum absolute atomic E-state index is 14.9. The molecule has 5 rings (SSSR count). The van der Waals surface area contributed by atoms with Crippen LogP contribution in [0.25, 0.3) is 0 Å². The van der Waals surface area contributed by atoms with Gasteiger partial charge in [0, 0.05) is 31.4 Å².